The van der Waals surface area contributed by atoms with E-state index in [1.54, 1.807) is 31.2 Å². The van der Waals surface area contributed by atoms with Gasteiger partial charge in [0.15, 0.2) is 0 Å². The van der Waals surface area contributed by atoms with Crippen LogP contribution in [0.1, 0.15) is 15.9 Å². The molecule has 0 bridgehead atoms. The molecule has 3 rings (SSSR count). The zero-order chi connectivity index (χ0) is 18.0. The fourth-order valence-corrected chi connectivity index (χ4v) is 3.61. The van der Waals surface area contributed by atoms with Gasteiger partial charge in [-0.3, -0.25) is 4.79 Å². The van der Waals surface area contributed by atoms with Gasteiger partial charge in [0.05, 0.1) is 30.4 Å². The average Bonchev–Trinajstić information content (AvgIpc) is 2.65. The number of carbonyl (C=O) groups is 2. The van der Waals surface area contributed by atoms with Crippen LogP contribution >= 0.6 is 11.8 Å². The van der Waals surface area contributed by atoms with Gasteiger partial charge in [0, 0.05) is 11.9 Å². The number of esters is 1. The molecule has 128 valence electrons. The smallest absolute Gasteiger partial charge is 0.337 e. The number of likely N-dealkylation sites (N-methyl/N-ethyl adjacent to an activating group) is 1. The van der Waals surface area contributed by atoms with Crippen LogP contribution in [-0.2, 0) is 9.53 Å². The fraction of sp³-hybridized carbons (Fsp3) is 0.158. The highest BCUT2D eigenvalue weighted by Gasteiger charge is 2.27. The van der Waals surface area contributed by atoms with Crippen molar-refractivity contribution in [2.24, 2.45) is 0 Å². The molecular formula is C19H17NO4S. The molecule has 0 spiro atoms. The third-order valence-electron chi connectivity index (χ3n) is 3.87. The minimum absolute atomic E-state index is 0.123. The van der Waals surface area contributed by atoms with Gasteiger partial charge in [0.25, 0.3) is 5.91 Å². The number of hydrogen-bond donors (Lipinski definition) is 0. The largest absolute Gasteiger partial charge is 0.497 e. The van der Waals surface area contributed by atoms with E-state index in [4.69, 9.17) is 9.47 Å². The monoisotopic (exact) mass is 355 g/mol. The lowest BCUT2D eigenvalue weighted by Crippen LogP contribution is -2.30. The molecule has 1 heterocycles. The molecule has 5 nitrogen and oxygen atoms in total. The number of methoxy groups -OCH3 is 2. The first-order valence-corrected chi connectivity index (χ1v) is 8.39. The quantitative estimate of drug-likeness (QED) is 0.622. The van der Waals surface area contributed by atoms with E-state index < -0.39 is 5.97 Å². The van der Waals surface area contributed by atoms with Crippen molar-refractivity contribution >= 4 is 35.4 Å². The summed E-state index contributed by atoms with van der Waals surface area (Å²) in [6.07, 6.45) is 1.84. The highest BCUT2D eigenvalue weighted by atomic mass is 32.2. The van der Waals surface area contributed by atoms with Gasteiger partial charge in [-0.2, -0.15) is 0 Å². The van der Waals surface area contributed by atoms with Crippen LogP contribution in [0.5, 0.6) is 5.75 Å². The predicted octanol–water partition coefficient (Wildman–Crippen LogP) is 3.59. The minimum Gasteiger partial charge on any atom is -0.497 e. The molecule has 0 atom stereocenters. The van der Waals surface area contributed by atoms with E-state index in [2.05, 4.69) is 0 Å². The zero-order valence-corrected chi connectivity index (χ0v) is 14.9. The van der Waals surface area contributed by atoms with Gasteiger partial charge in [0.2, 0.25) is 0 Å². The SMILES string of the molecule is COC(=O)c1ccc2c(c1)N(C)C(=O)/C(=C\c1cccc(OC)c1)S2. The molecular weight excluding hydrogens is 338 g/mol. The van der Waals surface area contributed by atoms with Crippen molar-refractivity contribution in [3.05, 3.63) is 58.5 Å². The van der Waals surface area contributed by atoms with Crippen LogP contribution in [0.15, 0.2) is 52.3 Å². The zero-order valence-electron chi connectivity index (χ0n) is 14.1. The number of carbonyl (C=O) groups excluding carboxylic acids is 2. The summed E-state index contributed by atoms with van der Waals surface area (Å²) in [5, 5.41) is 0. The van der Waals surface area contributed by atoms with Crippen LogP contribution in [0, 0.1) is 0 Å². The van der Waals surface area contributed by atoms with Crippen LogP contribution in [0.4, 0.5) is 5.69 Å². The Morgan fingerprint density at radius 1 is 1.16 bits per heavy atom. The third-order valence-corrected chi connectivity index (χ3v) is 4.95. The molecule has 25 heavy (non-hydrogen) atoms. The van der Waals surface area contributed by atoms with E-state index in [0.717, 1.165) is 16.2 Å². The third kappa shape index (κ3) is 3.39. The Balaban J connectivity index is 1.97. The Bertz CT molecular complexity index is 875. The van der Waals surface area contributed by atoms with Gasteiger partial charge in [0.1, 0.15) is 5.75 Å². The molecule has 0 N–H and O–H groups in total. The Morgan fingerprint density at radius 2 is 1.96 bits per heavy atom. The predicted molar refractivity (Wildman–Crippen MR) is 98.0 cm³/mol. The maximum Gasteiger partial charge on any atom is 0.337 e. The molecule has 0 aliphatic carbocycles. The maximum absolute atomic E-state index is 12.7. The molecule has 1 aliphatic rings. The molecule has 1 aliphatic heterocycles. The van der Waals surface area contributed by atoms with Crippen LogP contribution < -0.4 is 9.64 Å². The number of rotatable bonds is 3. The first-order chi connectivity index (χ1) is 12.0. The summed E-state index contributed by atoms with van der Waals surface area (Å²) < 4.78 is 9.96. The summed E-state index contributed by atoms with van der Waals surface area (Å²) in [6.45, 7) is 0. The second-order valence-electron chi connectivity index (χ2n) is 5.43. The molecule has 2 aromatic rings. The van der Waals surface area contributed by atoms with Crippen molar-refractivity contribution in [2.75, 3.05) is 26.2 Å². The van der Waals surface area contributed by atoms with Crippen molar-refractivity contribution in [3.8, 4) is 5.75 Å². The molecule has 0 fully saturated rings. The number of fused-ring (bicyclic) bond motifs is 1. The second-order valence-corrected chi connectivity index (χ2v) is 6.51. The number of thioether (sulfide) groups is 1. The second kappa shape index (κ2) is 7.03. The lowest BCUT2D eigenvalue weighted by atomic mass is 10.1. The first-order valence-electron chi connectivity index (χ1n) is 7.57. The minimum atomic E-state index is -0.425. The van der Waals surface area contributed by atoms with Crippen molar-refractivity contribution in [1.29, 1.82) is 0 Å². The van der Waals surface area contributed by atoms with Gasteiger partial charge in [-0.15, -0.1) is 0 Å². The van der Waals surface area contributed by atoms with Gasteiger partial charge in [-0.25, -0.2) is 4.79 Å². The maximum atomic E-state index is 12.7. The molecule has 1 amide bonds. The summed E-state index contributed by atoms with van der Waals surface area (Å²) in [5.41, 5.74) is 2.00. The van der Waals surface area contributed by atoms with Crippen LogP contribution in [0.2, 0.25) is 0 Å². The lowest BCUT2D eigenvalue weighted by molar-refractivity contribution is -0.114. The Morgan fingerprint density at radius 3 is 2.68 bits per heavy atom. The van der Waals surface area contributed by atoms with Crippen LogP contribution in [0.3, 0.4) is 0 Å². The summed E-state index contributed by atoms with van der Waals surface area (Å²) in [4.78, 5) is 27.4. The molecule has 0 aromatic heterocycles. The van der Waals surface area contributed by atoms with Gasteiger partial charge >= 0.3 is 5.97 Å². The molecule has 0 unspecified atom stereocenters. The van der Waals surface area contributed by atoms with Crippen molar-refractivity contribution in [3.63, 3.8) is 0 Å². The Hall–Kier alpha value is -2.73. The standard InChI is InChI=1S/C19H17NO4S/c1-20-15-11-13(19(22)24-3)7-8-16(15)25-17(18(20)21)10-12-5-4-6-14(9-12)23-2/h4-11H,1-3H3/b17-10+. The summed E-state index contributed by atoms with van der Waals surface area (Å²) in [6, 6.07) is 12.7. The molecule has 2 aromatic carbocycles. The van der Waals surface area contributed by atoms with E-state index in [9.17, 15) is 9.59 Å². The Labute approximate surface area is 150 Å². The summed E-state index contributed by atoms with van der Waals surface area (Å²) in [7, 11) is 4.64. The van der Waals surface area contributed by atoms with Crippen molar-refractivity contribution in [2.45, 2.75) is 4.90 Å². The van der Waals surface area contributed by atoms with Gasteiger partial charge in [-0.05, 0) is 42.0 Å². The number of ether oxygens (including phenoxy) is 2. The number of anilines is 1. The van der Waals surface area contributed by atoms with Crippen molar-refractivity contribution in [1.82, 2.24) is 0 Å². The fourth-order valence-electron chi connectivity index (χ4n) is 2.52. The van der Waals surface area contributed by atoms with E-state index >= 15 is 0 Å². The van der Waals surface area contributed by atoms with Crippen molar-refractivity contribution < 1.29 is 19.1 Å². The van der Waals surface area contributed by atoms with E-state index in [1.165, 1.54) is 18.9 Å². The number of nitrogens with zero attached hydrogens (tertiary/aromatic N) is 1. The van der Waals surface area contributed by atoms with E-state index in [1.807, 2.05) is 36.4 Å². The molecule has 0 saturated heterocycles. The van der Waals surface area contributed by atoms with E-state index in [-0.39, 0.29) is 5.91 Å². The topological polar surface area (TPSA) is 55.8 Å². The van der Waals surface area contributed by atoms with Crippen LogP contribution in [0.25, 0.3) is 6.08 Å². The molecule has 0 radical (unpaired) electrons. The summed E-state index contributed by atoms with van der Waals surface area (Å²) >= 11 is 1.38. The summed E-state index contributed by atoms with van der Waals surface area (Å²) in [5.74, 6) is 0.188. The number of amides is 1. The van der Waals surface area contributed by atoms with Crippen LogP contribution in [-0.4, -0.2) is 33.1 Å². The van der Waals surface area contributed by atoms with E-state index in [0.29, 0.717) is 16.2 Å². The number of hydrogen-bond acceptors (Lipinski definition) is 5. The van der Waals surface area contributed by atoms with Gasteiger partial charge in [-0.1, -0.05) is 23.9 Å². The number of benzene rings is 2. The normalized spacial score (nSPS) is 15.1. The Kier molecular flexibility index (Phi) is 4.81. The lowest BCUT2D eigenvalue weighted by Gasteiger charge is -2.27. The molecule has 6 heteroatoms. The average molecular weight is 355 g/mol. The highest BCUT2D eigenvalue weighted by Crippen LogP contribution is 2.42. The molecule has 0 saturated carbocycles. The first kappa shape index (κ1) is 17.1. The highest BCUT2D eigenvalue weighted by molar-refractivity contribution is 8.04. The van der Waals surface area contributed by atoms with Gasteiger partial charge < -0.3 is 14.4 Å².